The molecule has 1 amide bonds. The van der Waals surface area contributed by atoms with Gasteiger partial charge in [-0.25, -0.2) is 17.1 Å². The Hall–Kier alpha value is -1.81. The Labute approximate surface area is 168 Å². The number of amides is 1. The lowest BCUT2D eigenvalue weighted by molar-refractivity contribution is 0.0509. The highest BCUT2D eigenvalue weighted by molar-refractivity contribution is 7.89. The van der Waals surface area contributed by atoms with Crippen molar-refractivity contribution in [2.75, 3.05) is 27.2 Å². The number of rotatable bonds is 7. The molecule has 1 aromatic carbocycles. The van der Waals surface area contributed by atoms with Crippen molar-refractivity contribution in [1.82, 2.24) is 9.21 Å². The Bertz CT molecular complexity index is 923. The van der Waals surface area contributed by atoms with Crippen LogP contribution in [0.5, 0.6) is 0 Å². The van der Waals surface area contributed by atoms with Gasteiger partial charge in [-0.05, 0) is 42.5 Å². The maximum Gasteiger partial charge on any atom is 0.254 e. The average molecular weight is 427 g/mol. The van der Waals surface area contributed by atoms with Crippen LogP contribution in [0.25, 0.3) is 0 Å². The van der Waals surface area contributed by atoms with Crippen molar-refractivity contribution in [2.24, 2.45) is 0 Å². The Kier molecular flexibility index (Phi) is 6.49. The molecule has 9 heteroatoms. The first kappa shape index (κ1) is 20.9. The summed E-state index contributed by atoms with van der Waals surface area (Å²) < 4.78 is 45.5. The SMILES string of the molecule is CN(C)S(=O)(=O)c1cc(C(=O)N(Cc2cccs2)CC2CCCO2)ccc1F. The third-order valence-corrected chi connectivity index (χ3v) is 7.29. The molecule has 0 bridgehead atoms. The van der Waals surface area contributed by atoms with E-state index in [1.54, 1.807) is 4.90 Å². The molecular formula is C19H23FN2O4S2. The summed E-state index contributed by atoms with van der Waals surface area (Å²) in [5.74, 6) is -1.23. The molecule has 28 heavy (non-hydrogen) atoms. The summed E-state index contributed by atoms with van der Waals surface area (Å²) in [5.41, 5.74) is 0.136. The molecule has 1 atom stereocenters. The molecule has 1 aromatic heterocycles. The maximum atomic E-state index is 14.2. The molecular weight excluding hydrogens is 403 g/mol. The Morgan fingerprint density at radius 2 is 2.11 bits per heavy atom. The Morgan fingerprint density at radius 1 is 1.32 bits per heavy atom. The molecule has 1 fully saturated rings. The molecule has 0 aliphatic carbocycles. The molecule has 0 N–H and O–H groups in total. The molecule has 3 rings (SSSR count). The molecule has 0 saturated carbocycles. The van der Waals surface area contributed by atoms with Crippen molar-refractivity contribution in [2.45, 2.75) is 30.4 Å². The van der Waals surface area contributed by atoms with Gasteiger partial charge in [-0.3, -0.25) is 4.79 Å². The first-order valence-electron chi connectivity index (χ1n) is 8.94. The number of ether oxygens (including phenoxy) is 1. The van der Waals surface area contributed by atoms with E-state index in [0.29, 0.717) is 19.7 Å². The van der Waals surface area contributed by atoms with E-state index in [9.17, 15) is 17.6 Å². The molecule has 1 saturated heterocycles. The Balaban J connectivity index is 1.91. The van der Waals surface area contributed by atoms with E-state index in [4.69, 9.17) is 4.74 Å². The highest BCUT2D eigenvalue weighted by atomic mass is 32.2. The van der Waals surface area contributed by atoms with Gasteiger partial charge in [-0.1, -0.05) is 6.07 Å². The van der Waals surface area contributed by atoms with Crippen molar-refractivity contribution in [3.8, 4) is 0 Å². The number of sulfonamides is 1. The smallest absolute Gasteiger partial charge is 0.254 e. The molecule has 1 aliphatic rings. The van der Waals surface area contributed by atoms with Crippen LogP contribution in [-0.2, 0) is 21.3 Å². The van der Waals surface area contributed by atoms with Gasteiger partial charge in [-0.15, -0.1) is 11.3 Å². The zero-order valence-corrected chi connectivity index (χ0v) is 17.4. The van der Waals surface area contributed by atoms with E-state index in [1.165, 1.54) is 31.5 Å². The quantitative estimate of drug-likeness (QED) is 0.683. The van der Waals surface area contributed by atoms with Gasteiger partial charge in [0.25, 0.3) is 5.91 Å². The van der Waals surface area contributed by atoms with Gasteiger partial charge in [0, 0.05) is 37.7 Å². The summed E-state index contributed by atoms with van der Waals surface area (Å²) >= 11 is 1.54. The number of thiophene rings is 1. The fraction of sp³-hybridized carbons (Fsp3) is 0.421. The summed E-state index contributed by atoms with van der Waals surface area (Å²) in [6, 6.07) is 7.31. The number of nitrogens with zero attached hydrogens (tertiary/aromatic N) is 2. The van der Waals surface area contributed by atoms with E-state index in [1.807, 2.05) is 17.5 Å². The summed E-state index contributed by atoms with van der Waals surface area (Å²) in [4.78, 5) is 15.3. The molecule has 1 unspecified atom stereocenters. The monoisotopic (exact) mass is 426 g/mol. The van der Waals surface area contributed by atoms with Crippen molar-refractivity contribution >= 4 is 27.3 Å². The minimum atomic E-state index is -4.00. The van der Waals surface area contributed by atoms with E-state index in [-0.39, 0.29) is 17.6 Å². The number of hydrogen-bond acceptors (Lipinski definition) is 5. The van der Waals surface area contributed by atoms with Gasteiger partial charge in [0.05, 0.1) is 12.6 Å². The molecule has 0 spiro atoms. The van der Waals surface area contributed by atoms with Gasteiger partial charge in [-0.2, -0.15) is 0 Å². The van der Waals surface area contributed by atoms with Crippen LogP contribution in [0, 0.1) is 5.82 Å². The first-order chi connectivity index (χ1) is 13.3. The second kappa shape index (κ2) is 8.69. The minimum Gasteiger partial charge on any atom is -0.376 e. The number of carbonyl (C=O) groups excluding carboxylic acids is 1. The second-order valence-electron chi connectivity index (χ2n) is 6.83. The number of carbonyl (C=O) groups is 1. The number of hydrogen-bond donors (Lipinski definition) is 0. The van der Waals surface area contributed by atoms with Crippen LogP contribution >= 0.6 is 11.3 Å². The average Bonchev–Trinajstić information content (AvgIpc) is 3.34. The lowest BCUT2D eigenvalue weighted by atomic mass is 10.1. The fourth-order valence-corrected chi connectivity index (χ4v) is 4.76. The predicted molar refractivity (Wildman–Crippen MR) is 105 cm³/mol. The zero-order chi connectivity index (χ0) is 20.3. The number of benzene rings is 1. The molecule has 2 aromatic rings. The number of halogens is 1. The van der Waals surface area contributed by atoms with Gasteiger partial charge in [0.15, 0.2) is 0 Å². The third-order valence-electron chi connectivity index (χ3n) is 4.60. The fourth-order valence-electron chi connectivity index (χ4n) is 3.06. The van der Waals surface area contributed by atoms with E-state index in [2.05, 4.69) is 0 Å². The van der Waals surface area contributed by atoms with Crippen molar-refractivity contribution in [3.05, 3.63) is 52.0 Å². The van der Waals surface area contributed by atoms with Crippen LogP contribution in [0.3, 0.4) is 0 Å². The zero-order valence-electron chi connectivity index (χ0n) is 15.8. The minimum absolute atomic E-state index is 0.0469. The van der Waals surface area contributed by atoms with E-state index in [0.717, 1.165) is 34.2 Å². The van der Waals surface area contributed by atoms with Crippen molar-refractivity contribution in [3.63, 3.8) is 0 Å². The van der Waals surface area contributed by atoms with Crippen molar-refractivity contribution in [1.29, 1.82) is 0 Å². The molecule has 152 valence electrons. The lowest BCUT2D eigenvalue weighted by Gasteiger charge is -2.25. The van der Waals surface area contributed by atoms with E-state index >= 15 is 0 Å². The summed E-state index contributed by atoms with van der Waals surface area (Å²) in [6.45, 7) is 1.47. The van der Waals surface area contributed by atoms with Crippen LogP contribution < -0.4 is 0 Å². The summed E-state index contributed by atoms with van der Waals surface area (Å²) in [5, 5.41) is 1.93. The second-order valence-corrected chi connectivity index (χ2v) is 9.99. The third kappa shape index (κ3) is 4.60. The van der Waals surface area contributed by atoms with Gasteiger partial charge < -0.3 is 9.64 Å². The highest BCUT2D eigenvalue weighted by Crippen LogP contribution is 2.23. The van der Waals surface area contributed by atoms with Crippen molar-refractivity contribution < 1.29 is 22.3 Å². The van der Waals surface area contributed by atoms with Crippen LogP contribution in [0.1, 0.15) is 28.1 Å². The van der Waals surface area contributed by atoms with Crippen LogP contribution in [0.15, 0.2) is 40.6 Å². The van der Waals surface area contributed by atoms with Crippen LogP contribution in [0.2, 0.25) is 0 Å². The first-order valence-corrected chi connectivity index (χ1v) is 11.3. The predicted octanol–water partition coefficient (Wildman–Crippen LogP) is 2.96. The summed E-state index contributed by atoms with van der Waals surface area (Å²) in [6.07, 6.45) is 1.78. The molecule has 2 heterocycles. The topological polar surface area (TPSA) is 66.9 Å². The van der Waals surface area contributed by atoms with Gasteiger partial charge in [0.1, 0.15) is 10.7 Å². The molecule has 6 nitrogen and oxygen atoms in total. The van der Waals surface area contributed by atoms with Crippen LogP contribution in [-0.4, -0.2) is 56.9 Å². The normalized spacial score (nSPS) is 17.2. The lowest BCUT2D eigenvalue weighted by Crippen LogP contribution is -2.37. The highest BCUT2D eigenvalue weighted by Gasteiger charge is 2.27. The molecule has 0 radical (unpaired) electrons. The van der Waals surface area contributed by atoms with E-state index < -0.39 is 20.7 Å². The van der Waals surface area contributed by atoms with Crippen LogP contribution in [0.4, 0.5) is 4.39 Å². The maximum absolute atomic E-state index is 14.2. The van der Waals surface area contributed by atoms with Gasteiger partial charge >= 0.3 is 0 Å². The standard InChI is InChI=1S/C19H23FN2O4S2/c1-21(2)28(24,25)18-11-14(7-8-17(18)20)19(23)22(12-15-5-3-9-26-15)13-16-6-4-10-27-16/h4,6-8,10-11,15H,3,5,9,12-13H2,1-2H3. The largest absolute Gasteiger partial charge is 0.376 e. The summed E-state index contributed by atoms with van der Waals surface area (Å²) in [7, 11) is -1.35. The molecule has 1 aliphatic heterocycles. The van der Waals surface area contributed by atoms with Gasteiger partial charge in [0.2, 0.25) is 10.0 Å². The Morgan fingerprint density at radius 3 is 2.71 bits per heavy atom.